The molecule has 5 nitrogen and oxygen atoms in total. The van der Waals surface area contributed by atoms with Gasteiger partial charge in [0.15, 0.2) is 0 Å². The summed E-state index contributed by atoms with van der Waals surface area (Å²) in [6.07, 6.45) is 4.73. The summed E-state index contributed by atoms with van der Waals surface area (Å²) in [5.41, 5.74) is 2.63. The van der Waals surface area contributed by atoms with Crippen LogP contribution in [-0.4, -0.2) is 40.1 Å². The van der Waals surface area contributed by atoms with E-state index in [0.29, 0.717) is 6.54 Å². The van der Waals surface area contributed by atoms with E-state index in [4.69, 9.17) is 0 Å². The molecule has 0 saturated carbocycles. The number of carbonyl (C=O) groups excluding carboxylic acids is 1. The number of likely N-dealkylation sites (N-methyl/N-ethyl adjacent to an activating group) is 1. The molecule has 120 valence electrons. The Bertz CT molecular complexity index is 768. The minimum absolute atomic E-state index is 0.0188. The van der Waals surface area contributed by atoms with Gasteiger partial charge in [-0.2, -0.15) is 0 Å². The first-order chi connectivity index (χ1) is 11.0. The number of amides is 1. The van der Waals surface area contributed by atoms with Crippen LogP contribution in [0, 0.1) is 6.92 Å². The summed E-state index contributed by atoms with van der Waals surface area (Å²) in [5.74, 6) is 1.04. The number of anilines is 1. The van der Waals surface area contributed by atoms with Crippen LogP contribution in [0.4, 0.5) is 5.69 Å². The van der Waals surface area contributed by atoms with Crippen LogP contribution in [0.15, 0.2) is 36.7 Å². The Morgan fingerprint density at radius 1 is 1.39 bits per heavy atom. The van der Waals surface area contributed by atoms with Gasteiger partial charge in [0.2, 0.25) is 5.91 Å². The Labute approximate surface area is 136 Å². The highest BCUT2D eigenvalue weighted by Gasteiger charge is 2.54. The minimum atomic E-state index is 0.0188. The summed E-state index contributed by atoms with van der Waals surface area (Å²) in [7, 11) is 2.10. The molecule has 2 aromatic rings. The lowest BCUT2D eigenvalue weighted by Gasteiger charge is -2.34. The Balaban J connectivity index is 1.64. The number of likely N-dealkylation sites (tertiary alicyclic amines) is 1. The molecule has 1 fully saturated rings. The van der Waals surface area contributed by atoms with Gasteiger partial charge in [0.25, 0.3) is 0 Å². The van der Waals surface area contributed by atoms with Gasteiger partial charge in [-0.05, 0) is 25.0 Å². The van der Waals surface area contributed by atoms with E-state index < -0.39 is 0 Å². The van der Waals surface area contributed by atoms with Gasteiger partial charge >= 0.3 is 0 Å². The lowest BCUT2D eigenvalue weighted by atomic mass is 9.81. The van der Waals surface area contributed by atoms with E-state index in [-0.39, 0.29) is 17.5 Å². The van der Waals surface area contributed by atoms with Crippen molar-refractivity contribution in [1.82, 2.24) is 14.5 Å². The highest BCUT2D eigenvalue weighted by Crippen LogP contribution is 2.51. The number of benzene rings is 1. The molecule has 4 rings (SSSR count). The van der Waals surface area contributed by atoms with Gasteiger partial charge < -0.3 is 14.4 Å². The van der Waals surface area contributed by atoms with Crippen LogP contribution in [0.1, 0.15) is 24.7 Å². The molecule has 2 atom stereocenters. The quantitative estimate of drug-likeness (QED) is 0.853. The molecule has 2 aliphatic rings. The van der Waals surface area contributed by atoms with Gasteiger partial charge in [-0.3, -0.25) is 4.79 Å². The van der Waals surface area contributed by atoms with Crippen molar-refractivity contribution in [2.24, 2.45) is 0 Å². The first kappa shape index (κ1) is 14.3. The molecule has 1 saturated heterocycles. The van der Waals surface area contributed by atoms with E-state index in [0.717, 1.165) is 18.8 Å². The van der Waals surface area contributed by atoms with Crippen LogP contribution in [-0.2, 0) is 16.8 Å². The maximum absolute atomic E-state index is 12.9. The van der Waals surface area contributed by atoms with Crippen LogP contribution in [0.3, 0.4) is 0 Å². The zero-order valence-electron chi connectivity index (χ0n) is 13.9. The van der Waals surface area contributed by atoms with E-state index in [9.17, 15) is 4.79 Å². The third-order valence-electron chi connectivity index (χ3n) is 5.55. The van der Waals surface area contributed by atoms with Gasteiger partial charge in [0.1, 0.15) is 18.5 Å². The SMILES string of the molecule is Cc1nccn1CC(=O)N1CCC2(C)c3ccccc3N(C)C12. The van der Waals surface area contributed by atoms with Crippen molar-refractivity contribution < 1.29 is 4.79 Å². The maximum Gasteiger partial charge on any atom is 0.244 e. The molecule has 1 aromatic heterocycles. The number of hydrogen-bond acceptors (Lipinski definition) is 3. The molecule has 1 aromatic carbocycles. The summed E-state index contributed by atoms with van der Waals surface area (Å²) in [4.78, 5) is 21.4. The number of aryl methyl sites for hydroxylation is 1. The lowest BCUT2D eigenvalue weighted by molar-refractivity contribution is -0.133. The monoisotopic (exact) mass is 310 g/mol. The number of fused-ring (bicyclic) bond motifs is 3. The Morgan fingerprint density at radius 2 is 2.17 bits per heavy atom. The first-order valence-electron chi connectivity index (χ1n) is 8.12. The molecule has 0 bridgehead atoms. The Hall–Kier alpha value is -2.30. The van der Waals surface area contributed by atoms with Gasteiger partial charge in [-0.15, -0.1) is 0 Å². The summed E-state index contributed by atoms with van der Waals surface area (Å²) in [6.45, 7) is 5.39. The van der Waals surface area contributed by atoms with Gasteiger partial charge in [-0.1, -0.05) is 25.1 Å². The topological polar surface area (TPSA) is 41.4 Å². The fraction of sp³-hybridized carbons (Fsp3) is 0.444. The molecule has 0 aliphatic carbocycles. The number of carbonyl (C=O) groups is 1. The average molecular weight is 310 g/mol. The van der Waals surface area contributed by atoms with E-state index in [1.807, 2.05) is 22.6 Å². The van der Waals surface area contributed by atoms with E-state index in [1.54, 1.807) is 6.20 Å². The van der Waals surface area contributed by atoms with E-state index in [1.165, 1.54) is 11.3 Å². The number of imidazole rings is 1. The lowest BCUT2D eigenvalue weighted by Crippen LogP contribution is -2.50. The normalized spacial score (nSPS) is 25.6. The maximum atomic E-state index is 12.9. The van der Waals surface area contributed by atoms with Crippen molar-refractivity contribution in [2.75, 3.05) is 18.5 Å². The van der Waals surface area contributed by atoms with Crippen molar-refractivity contribution in [3.8, 4) is 0 Å². The number of para-hydroxylation sites is 1. The van der Waals surface area contributed by atoms with Crippen LogP contribution in [0.25, 0.3) is 0 Å². The summed E-state index contributed by atoms with van der Waals surface area (Å²) >= 11 is 0. The summed E-state index contributed by atoms with van der Waals surface area (Å²) in [6, 6.07) is 8.53. The Kier molecular flexibility index (Phi) is 3.01. The minimum Gasteiger partial charge on any atom is -0.353 e. The predicted octanol–water partition coefficient (Wildman–Crippen LogP) is 2.16. The van der Waals surface area contributed by atoms with Crippen LogP contribution in [0.5, 0.6) is 0 Å². The molecule has 1 amide bonds. The molecule has 3 heterocycles. The fourth-order valence-corrected chi connectivity index (χ4v) is 4.32. The number of hydrogen-bond donors (Lipinski definition) is 0. The van der Waals surface area contributed by atoms with Crippen molar-refractivity contribution in [3.05, 3.63) is 48.0 Å². The third-order valence-corrected chi connectivity index (χ3v) is 5.55. The fourth-order valence-electron chi connectivity index (χ4n) is 4.32. The first-order valence-corrected chi connectivity index (χ1v) is 8.12. The molecule has 0 spiro atoms. The zero-order chi connectivity index (χ0) is 16.2. The molecule has 5 heteroatoms. The highest BCUT2D eigenvalue weighted by atomic mass is 16.2. The van der Waals surface area contributed by atoms with Gasteiger partial charge in [-0.25, -0.2) is 4.98 Å². The summed E-state index contributed by atoms with van der Waals surface area (Å²) in [5, 5.41) is 0. The average Bonchev–Trinajstić information content (AvgIpc) is 3.16. The van der Waals surface area contributed by atoms with Crippen molar-refractivity contribution in [1.29, 1.82) is 0 Å². The van der Waals surface area contributed by atoms with E-state index >= 15 is 0 Å². The van der Waals surface area contributed by atoms with Crippen LogP contribution < -0.4 is 4.90 Å². The smallest absolute Gasteiger partial charge is 0.244 e. The van der Waals surface area contributed by atoms with Gasteiger partial charge in [0, 0.05) is 37.1 Å². The largest absolute Gasteiger partial charge is 0.353 e. The molecule has 23 heavy (non-hydrogen) atoms. The van der Waals surface area contributed by atoms with Crippen molar-refractivity contribution in [2.45, 2.75) is 38.4 Å². The number of nitrogens with zero attached hydrogens (tertiary/aromatic N) is 4. The van der Waals surface area contributed by atoms with E-state index in [2.05, 4.69) is 48.1 Å². The van der Waals surface area contributed by atoms with Crippen LogP contribution >= 0.6 is 0 Å². The summed E-state index contributed by atoms with van der Waals surface area (Å²) < 4.78 is 1.92. The van der Waals surface area contributed by atoms with Crippen LogP contribution in [0.2, 0.25) is 0 Å². The molecule has 2 unspecified atom stereocenters. The van der Waals surface area contributed by atoms with Gasteiger partial charge in [0.05, 0.1) is 0 Å². The van der Waals surface area contributed by atoms with Crippen molar-refractivity contribution >= 4 is 11.6 Å². The predicted molar refractivity (Wildman–Crippen MR) is 89.3 cm³/mol. The second kappa shape index (κ2) is 4.85. The molecule has 0 N–H and O–H groups in total. The second-order valence-electron chi connectivity index (χ2n) is 6.86. The standard InChI is InChI=1S/C18H22N4O/c1-13-19-9-11-21(13)12-16(23)22-10-8-18(2)14-6-4-5-7-15(14)20(3)17(18)22/h4-7,9,11,17H,8,10,12H2,1-3H3. The highest BCUT2D eigenvalue weighted by molar-refractivity contribution is 5.79. The molecular formula is C18H22N4O. The second-order valence-corrected chi connectivity index (χ2v) is 6.86. The molecule has 0 radical (unpaired) electrons. The number of rotatable bonds is 2. The zero-order valence-corrected chi connectivity index (χ0v) is 13.9. The number of aromatic nitrogens is 2. The third kappa shape index (κ3) is 1.92. The Morgan fingerprint density at radius 3 is 2.91 bits per heavy atom. The van der Waals surface area contributed by atoms with Crippen molar-refractivity contribution in [3.63, 3.8) is 0 Å². The molecular weight excluding hydrogens is 288 g/mol. The molecule has 2 aliphatic heterocycles.